The predicted molar refractivity (Wildman–Crippen MR) is 88.5 cm³/mol. The minimum atomic E-state index is 0.0679. The monoisotopic (exact) mass is 290 g/mol. The van der Waals surface area contributed by atoms with Crippen LogP contribution in [-0.4, -0.2) is 25.6 Å². The molecular formula is C18H30N2O. The fourth-order valence-corrected chi connectivity index (χ4v) is 3.37. The molecule has 1 aromatic rings. The van der Waals surface area contributed by atoms with Crippen LogP contribution in [0.4, 0.5) is 0 Å². The normalized spacial score (nSPS) is 18.0. The van der Waals surface area contributed by atoms with Crippen LogP contribution in [0.3, 0.4) is 0 Å². The molecule has 0 bridgehead atoms. The van der Waals surface area contributed by atoms with Gasteiger partial charge in [-0.15, -0.1) is 0 Å². The molecule has 0 aliphatic heterocycles. The number of hydrogen-bond donors (Lipinski definition) is 1. The molecule has 3 heteroatoms. The van der Waals surface area contributed by atoms with Crippen molar-refractivity contribution in [3.05, 3.63) is 29.3 Å². The molecule has 1 unspecified atom stereocenters. The molecule has 2 rings (SSSR count). The van der Waals surface area contributed by atoms with Gasteiger partial charge in [-0.3, -0.25) is 0 Å². The second kappa shape index (κ2) is 7.81. The highest BCUT2D eigenvalue weighted by Crippen LogP contribution is 2.27. The van der Waals surface area contributed by atoms with Gasteiger partial charge in [0.15, 0.2) is 0 Å². The number of hydrogen-bond acceptors (Lipinski definition) is 3. The van der Waals surface area contributed by atoms with Gasteiger partial charge >= 0.3 is 0 Å². The summed E-state index contributed by atoms with van der Waals surface area (Å²) in [4.78, 5) is 2.43. The second-order valence-electron chi connectivity index (χ2n) is 6.56. The minimum absolute atomic E-state index is 0.0679. The first-order valence-corrected chi connectivity index (χ1v) is 8.21. The molecule has 0 radical (unpaired) electrons. The van der Waals surface area contributed by atoms with Crippen LogP contribution in [0, 0.1) is 5.92 Å². The van der Waals surface area contributed by atoms with Crippen LogP contribution in [-0.2, 0) is 6.54 Å². The molecule has 0 amide bonds. The number of benzene rings is 1. The lowest BCUT2D eigenvalue weighted by atomic mass is 9.89. The van der Waals surface area contributed by atoms with Crippen LogP contribution in [0.25, 0.3) is 0 Å². The van der Waals surface area contributed by atoms with E-state index in [9.17, 15) is 0 Å². The Morgan fingerprint density at radius 1 is 1.29 bits per heavy atom. The van der Waals surface area contributed by atoms with Gasteiger partial charge < -0.3 is 15.4 Å². The van der Waals surface area contributed by atoms with Gasteiger partial charge in [0.25, 0.3) is 0 Å². The molecule has 1 fully saturated rings. The Morgan fingerprint density at radius 3 is 2.62 bits per heavy atom. The highest BCUT2D eigenvalue weighted by molar-refractivity contribution is 5.38. The van der Waals surface area contributed by atoms with Crippen LogP contribution in [0.2, 0.25) is 0 Å². The van der Waals surface area contributed by atoms with E-state index in [0.29, 0.717) is 0 Å². The third-order valence-electron chi connectivity index (χ3n) is 4.57. The second-order valence-corrected chi connectivity index (χ2v) is 6.56. The summed E-state index contributed by atoms with van der Waals surface area (Å²) in [6.45, 7) is 4.14. The molecule has 118 valence electrons. The van der Waals surface area contributed by atoms with E-state index in [2.05, 4.69) is 24.1 Å². The van der Waals surface area contributed by atoms with Crippen LogP contribution >= 0.6 is 0 Å². The van der Waals surface area contributed by atoms with Crippen molar-refractivity contribution in [2.75, 3.05) is 20.7 Å². The molecule has 0 saturated heterocycles. The van der Waals surface area contributed by atoms with Crippen molar-refractivity contribution in [3.63, 3.8) is 0 Å². The average Bonchev–Trinajstić information content (AvgIpc) is 2.48. The molecule has 21 heavy (non-hydrogen) atoms. The van der Waals surface area contributed by atoms with Gasteiger partial charge in [0.1, 0.15) is 5.75 Å². The Bertz CT molecular complexity index is 439. The Kier molecular flexibility index (Phi) is 6.07. The van der Waals surface area contributed by atoms with Crippen molar-refractivity contribution in [3.8, 4) is 5.75 Å². The lowest BCUT2D eigenvalue weighted by Crippen LogP contribution is -2.27. The van der Waals surface area contributed by atoms with Crippen LogP contribution in [0.1, 0.15) is 56.2 Å². The summed E-state index contributed by atoms with van der Waals surface area (Å²) in [6, 6.07) is 6.37. The molecule has 3 nitrogen and oxygen atoms in total. The third kappa shape index (κ3) is 4.72. The fourth-order valence-electron chi connectivity index (χ4n) is 3.37. The molecule has 1 aliphatic rings. The van der Waals surface area contributed by atoms with Crippen LogP contribution in [0.15, 0.2) is 18.2 Å². The lowest BCUT2D eigenvalue weighted by molar-refractivity contribution is 0.226. The molecule has 1 saturated carbocycles. The summed E-state index contributed by atoms with van der Waals surface area (Å²) in [7, 11) is 3.96. The molecule has 0 heterocycles. The molecule has 0 spiro atoms. The zero-order valence-electron chi connectivity index (χ0n) is 13.8. The number of ether oxygens (including phenoxy) is 1. The summed E-state index contributed by atoms with van der Waals surface area (Å²) >= 11 is 0. The summed E-state index contributed by atoms with van der Waals surface area (Å²) in [5, 5.41) is 0. The third-order valence-corrected chi connectivity index (χ3v) is 4.57. The van der Waals surface area contributed by atoms with Gasteiger partial charge in [-0.25, -0.2) is 0 Å². The maximum atomic E-state index is 6.00. The zero-order chi connectivity index (χ0) is 15.2. The van der Waals surface area contributed by atoms with Crippen LogP contribution < -0.4 is 10.5 Å². The highest BCUT2D eigenvalue weighted by Gasteiger charge is 2.16. The first-order chi connectivity index (χ1) is 10.1. The topological polar surface area (TPSA) is 38.5 Å². The summed E-state index contributed by atoms with van der Waals surface area (Å²) in [5.74, 6) is 1.83. The highest BCUT2D eigenvalue weighted by atomic mass is 16.5. The van der Waals surface area contributed by atoms with E-state index in [1.165, 1.54) is 49.8 Å². The van der Waals surface area contributed by atoms with Gasteiger partial charge in [0, 0.05) is 24.7 Å². The molecule has 0 aromatic heterocycles. The number of methoxy groups -OCH3 is 1. The van der Waals surface area contributed by atoms with E-state index in [1.54, 1.807) is 7.11 Å². The van der Waals surface area contributed by atoms with E-state index in [1.807, 2.05) is 13.0 Å². The molecular weight excluding hydrogens is 260 g/mol. The van der Waals surface area contributed by atoms with Crippen molar-refractivity contribution >= 4 is 0 Å². The van der Waals surface area contributed by atoms with Gasteiger partial charge in [-0.1, -0.05) is 25.3 Å². The molecule has 2 N–H and O–H groups in total. The summed E-state index contributed by atoms with van der Waals surface area (Å²) in [5.41, 5.74) is 8.42. The Morgan fingerprint density at radius 2 is 2.00 bits per heavy atom. The van der Waals surface area contributed by atoms with Crippen molar-refractivity contribution < 1.29 is 4.74 Å². The Hall–Kier alpha value is -1.06. The smallest absolute Gasteiger partial charge is 0.123 e. The van der Waals surface area contributed by atoms with E-state index in [0.717, 1.165) is 18.2 Å². The van der Waals surface area contributed by atoms with Gasteiger partial charge in [0.05, 0.1) is 7.11 Å². The van der Waals surface area contributed by atoms with E-state index < -0.39 is 0 Å². The first kappa shape index (κ1) is 16.3. The maximum absolute atomic E-state index is 6.00. The van der Waals surface area contributed by atoms with E-state index >= 15 is 0 Å². The number of nitrogens with two attached hydrogens (primary N) is 1. The van der Waals surface area contributed by atoms with Crippen LogP contribution in [0.5, 0.6) is 5.75 Å². The fraction of sp³-hybridized carbons (Fsp3) is 0.667. The zero-order valence-corrected chi connectivity index (χ0v) is 13.8. The lowest BCUT2D eigenvalue weighted by Gasteiger charge is -2.27. The summed E-state index contributed by atoms with van der Waals surface area (Å²) in [6.07, 6.45) is 7.01. The largest absolute Gasteiger partial charge is 0.496 e. The molecule has 1 aromatic carbocycles. The Balaban J connectivity index is 2.00. The van der Waals surface area contributed by atoms with E-state index in [4.69, 9.17) is 10.5 Å². The van der Waals surface area contributed by atoms with Gasteiger partial charge in [0.2, 0.25) is 0 Å². The van der Waals surface area contributed by atoms with Crippen molar-refractivity contribution in [1.82, 2.24) is 4.90 Å². The molecule has 1 atom stereocenters. The molecule has 1 aliphatic carbocycles. The standard InChI is InChI=1S/C18H30N2O/c1-14(19)16-9-10-18(21-3)17(11-16)13-20(2)12-15-7-5-4-6-8-15/h9-11,14-15H,4-8,12-13,19H2,1-3H3. The number of nitrogens with zero attached hydrogens (tertiary/aromatic N) is 1. The minimum Gasteiger partial charge on any atom is -0.496 e. The first-order valence-electron chi connectivity index (χ1n) is 8.21. The van der Waals surface area contributed by atoms with Crippen molar-refractivity contribution in [2.24, 2.45) is 11.7 Å². The SMILES string of the molecule is COc1ccc(C(C)N)cc1CN(C)CC1CCCCC1. The predicted octanol–water partition coefficient (Wildman–Crippen LogP) is 3.73. The Labute approximate surface area is 129 Å². The van der Waals surface area contributed by atoms with Gasteiger partial charge in [-0.05, 0) is 50.4 Å². The quantitative estimate of drug-likeness (QED) is 0.867. The van der Waals surface area contributed by atoms with E-state index in [-0.39, 0.29) is 6.04 Å². The summed E-state index contributed by atoms with van der Waals surface area (Å²) < 4.78 is 5.50. The van der Waals surface area contributed by atoms with Crippen molar-refractivity contribution in [1.29, 1.82) is 0 Å². The number of rotatable bonds is 6. The van der Waals surface area contributed by atoms with Gasteiger partial charge in [-0.2, -0.15) is 0 Å². The average molecular weight is 290 g/mol. The van der Waals surface area contributed by atoms with Crippen molar-refractivity contribution in [2.45, 2.75) is 51.6 Å². The maximum Gasteiger partial charge on any atom is 0.123 e.